The fraction of sp³-hybridized carbons (Fsp3) is 0. The number of aromatic nitrogens is 2. The van der Waals surface area contributed by atoms with Gasteiger partial charge in [0.25, 0.3) is 0 Å². The maximum Gasteiger partial charge on any atom is 0.150 e. The maximum atomic E-state index is 13.9. The van der Waals surface area contributed by atoms with Crippen molar-refractivity contribution in [3.05, 3.63) is 70.6 Å². The molecule has 0 N–H and O–H groups in total. The molecule has 0 radical (unpaired) electrons. The fourth-order valence-corrected chi connectivity index (χ4v) is 2.33. The zero-order chi connectivity index (χ0) is 15.0. The largest absolute Gasteiger partial charge is 0.296 e. The Morgan fingerprint density at radius 2 is 1.76 bits per heavy atom. The van der Waals surface area contributed by atoms with Crippen LogP contribution in [0.4, 0.5) is 8.78 Å². The van der Waals surface area contributed by atoms with Gasteiger partial charge in [-0.1, -0.05) is 29.3 Å². The molecule has 6 heteroatoms. The zero-order valence-corrected chi connectivity index (χ0v) is 12.0. The van der Waals surface area contributed by atoms with Crippen LogP contribution in [0.15, 0.2) is 48.9 Å². The van der Waals surface area contributed by atoms with Crippen LogP contribution in [-0.2, 0) is 0 Å². The molecule has 0 aliphatic heterocycles. The summed E-state index contributed by atoms with van der Waals surface area (Å²) in [6, 6.07) is 8.44. The van der Waals surface area contributed by atoms with Crippen molar-refractivity contribution in [2.24, 2.45) is 0 Å². The summed E-state index contributed by atoms with van der Waals surface area (Å²) >= 11 is 11.9. The molecule has 0 saturated heterocycles. The first-order valence-corrected chi connectivity index (χ1v) is 6.75. The van der Waals surface area contributed by atoms with Gasteiger partial charge < -0.3 is 0 Å². The molecule has 1 aromatic heterocycles. The van der Waals surface area contributed by atoms with Gasteiger partial charge in [-0.25, -0.2) is 13.8 Å². The first-order valence-electron chi connectivity index (χ1n) is 5.99. The molecule has 0 bridgehead atoms. The molecular weight excluding hydrogens is 317 g/mol. The molecule has 2 nitrogen and oxygen atoms in total. The number of benzene rings is 2. The molecule has 2 aromatic carbocycles. The van der Waals surface area contributed by atoms with E-state index in [0.29, 0.717) is 15.7 Å². The van der Waals surface area contributed by atoms with Crippen LogP contribution in [0.3, 0.4) is 0 Å². The van der Waals surface area contributed by atoms with Gasteiger partial charge >= 0.3 is 0 Å². The molecule has 0 amide bonds. The lowest BCUT2D eigenvalue weighted by molar-refractivity contribution is 0.578. The Hall–Kier alpha value is -1.91. The number of imidazole rings is 1. The van der Waals surface area contributed by atoms with Crippen molar-refractivity contribution in [2.75, 3.05) is 0 Å². The molecule has 3 aromatic rings. The van der Waals surface area contributed by atoms with Gasteiger partial charge in [-0.15, -0.1) is 0 Å². The predicted octanol–water partition coefficient (Wildman–Crippen LogP) is 5.12. The molecule has 0 saturated carbocycles. The van der Waals surface area contributed by atoms with Crippen molar-refractivity contribution in [1.29, 1.82) is 0 Å². The Morgan fingerprint density at radius 3 is 2.48 bits per heavy atom. The average molecular weight is 325 g/mol. The van der Waals surface area contributed by atoms with Gasteiger partial charge in [0.2, 0.25) is 0 Å². The quantitative estimate of drug-likeness (QED) is 0.639. The van der Waals surface area contributed by atoms with Crippen LogP contribution in [-0.4, -0.2) is 9.55 Å². The van der Waals surface area contributed by atoms with Crippen LogP contribution >= 0.6 is 23.2 Å². The van der Waals surface area contributed by atoms with E-state index >= 15 is 0 Å². The Morgan fingerprint density at radius 1 is 0.952 bits per heavy atom. The van der Waals surface area contributed by atoms with E-state index in [0.717, 1.165) is 11.6 Å². The molecule has 0 unspecified atom stereocenters. The van der Waals surface area contributed by atoms with Crippen molar-refractivity contribution in [2.45, 2.75) is 0 Å². The first kappa shape index (κ1) is 14.0. The van der Waals surface area contributed by atoms with Crippen LogP contribution in [0.25, 0.3) is 16.9 Å². The van der Waals surface area contributed by atoms with Crippen LogP contribution < -0.4 is 0 Å². The third-order valence-corrected chi connectivity index (χ3v) is 3.76. The van der Waals surface area contributed by atoms with Crippen molar-refractivity contribution < 1.29 is 8.78 Å². The van der Waals surface area contributed by atoms with Gasteiger partial charge in [-0.2, -0.15) is 0 Å². The zero-order valence-electron chi connectivity index (χ0n) is 10.5. The topological polar surface area (TPSA) is 17.8 Å². The van der Waals surface area contributed by atoms with Crippen molar-refractivity contribution in [3.63, 3.8) is 0 Å². The van der Waals surface area contributed by atoms with Crippen LogP contribution in [0, 0.1) is 11.6 Å². The highest BCUT2D eigenvalue weighted by Crippen LogP contribution is 2.30. The minimum Gasteiger partial charge on any atom is -0.296 e. The molecule has 0 fully saturated rings. The average Bonchev–Trinajstić information content (AvgIpc) is 2.91. The summed E-state index contributed by atoms with van der Waals surface area (Å²) in [5, 5.41) is 0.820. The molecular formula is C15H8Cl2F2N2. The summed E-state index contributed by atoms with van der Waals surface area (Å²) in [7, 11) is 0. The standard InChI is InChI=1S/C15H8Cl2F2N2/c16-11-3-1-9(5-12(11)17)15-7-20-8-21(15)14-4-2-10(18)6-13(14)19/h1-8H. The second kappa shape index (κ2) is 5.47. The summed E-state index contributed by atoms with van der Waals surface area (Å²) in [5.41, 5.74) is 1.56. The van der Waals surface area contributed by atoms with E-state index in [2.05, 4.69) is 4.98 Å². The Bertz CT molecular complexity index is 815. The predicted molar refractivity (Wildman–Crippen MR) is 78.9 cm³/mol. The molecule has 1 heterocycles. The number of nitrogens with zero attached hydrogens (tertiary/aromatic N) is 2. The normalized spacial score (nSPS) is 10.9. The molecule has 0 spiro atoms. The van der Waals surface area contributed by atoms with Crippen LogP contribution in [0.5, 0.6) is 0 Å². The summed E-state index contributed by atoms with van der Waals surface area (Å²) < 4.78 is 28.5. The monoisotopic (exact) mass is 324 g/mol. The summed E-state index contributed by atoms with van der Waals surface area (Å²) in [6.45, 7) is 0. The second-order valence-corrected chi connectivity index (χ2v) is 5.19. The Labute approximate surface area is 129 Å². The lowest BCUT2D eigenvalue weighted by Gasteiger charge is -2.10. The van der Waals surface area contributed by atoms with E-state index in [9.17, 15) is 8.78 Å². The minimum atomic E-state index is -0.672. The number of hydrogen-bond donors (Lipinski definition) is 0. The Balaban J connectivity index is 2.14. The molecule has 106 valence electrons. The molecule has 0 aliphatic carbocycles. The number of hydrogen-bond acceptors (Lipinski definition) is 1. The third kappa shape index (κ3) is 2.64. The van der Waals surface area contributed by atoms with Gasteiger partial charge in [0.1, 0.15) is 11.6 Å². The molecule has 3 rings (SSSR count). The molecule has 0 aliphatic rings. The lowest BCUT2D eigenvalue weighted by atomic mass is 10.1. The highest BCUT2D eigenvalue weighted by Gasteiger charge is 2.12. The highest BCUT2D eigenvalue weighted by molar-refractivity contribution is 6.42. The highest BCUT2D eigenvalue weighted by atomic mass is 35.5. The number of halogens is 4. The van der Waals surface area contributed by atoms with E-state index in [1.54, 1.807) is 24.4 Å². The lowest BCUT2D eigenvalue weighted by Crippen LogP contribution is -1.99. The van der Waals surface area contributed by atoms with E-state index in [-0.39, 0.29) is 5.69 Å². The van der Waals surface area contributed by atoms with Crippen LogP contribution in [0.1, 0.15) is 0 Å². The van der Waals surface area contributed by atoms with E-state index in [1.165, 1.54) is 23.0 Å². The minimum absolute atomic E-state index is 0.204. The van der Waals surface area contributed by atoms with E-state index < -0.39 is 11.6 Å². The van der Waals surface area contributed by atoms with Crippen molar-refractivity contribution in [3.8, 4) is 16.9 Å². The summed E-state index contributed by atoms with van der Waals surface area (Å²) in [4.78, 5) is 4.02. The fourth-order valence-electron chi connectivity index (χ4n) is 2.03. The van der Waals surface area contributed by atoms with Crippen LogP contribution in [0.2, 0.25) is 10.0 Å². The summed E-state index contributed by atoms with van der Waals surface area (Å²) in [6.07, 6.45) is 3.02. The SMILES string of the molecule is Fc1ccc(-n2cncc2-c2ccc(Cl)c(Cl)c2)c(F)c1. The maximum absolute atomic E-state index is 13.9. The van der Waals surface area contributed by atoms with Gasteiger partial charge in [0.15, 0.2) is 0 Å². The Kier molecular flexibility index (Phi) is 3.66. The van der Waals surface area contributed by atoms with Gasteiger partial charge in [0, 0.05) is 11.6 Å². The molecule has 21 heavy (non-hydrogen) atoms. The van der Waals surface area contributed by atoms with Gasteiger partial charge in [-0.05, 0) is 24.3 Å². The van der Waals surface area contributed by atoms with Crippen molar-refractivity contribution in [1.82, 2.24) is 9.55 Å². The van der Waals surface area contributed by atoms with Gasteiger partial charge in [0.05, 0.1) is 34.0 Å². The van der Waals surface area contributed by atoms with Gasteiger partial charge in [-0.3, -0.25) is 4.57 Å². The van der Waals surface area contributed by atoms with Crippen molar-refractivity contribution >= 4 is 23.2 Å². The first-order chi connectivity index (χ1) is 10.1. The third-order valence-electron chi connectivity index (χ3n) is 3.02. The molecule has 0 atom stereocenters. The number of rotatable bonds is 2. The summed E-state index contributed by atoms with van der Waals surface area (Å²) in [5.74, 6) is -1.30. The second-order valence-electron chi connectivity index (χ2n) is 4.37. The van der Waals surface area contributed by atoms with E-state index in [1.807, 2.05) is 0 Å². The van der Waals surface area contributed by atoms with E-state index in [4.69, 9.17) is 23.2 Å². The smallest absolute Gasteiger partial charge is 0.150 e.